The lowest BCUT2D eigenvalue weighted by Gasteiger charge is -2.19. The molecule has 0 spiro atoms. The summed E-state index contributed by atoms with van der Waals surface area (Å²) in [5, 5.41) is 12.1. The summed E-state index contributed by atoms with van der Waals surface area (Å²) in [5.41, 5.74) is 4.52. The molecule has 8 nitrogen and oxygen atoms in total. The summed E-state index contributed by atoms with van der Waals surface area (Å²) in [4.78, 5) is 42.1. The second-order valence-electron chi connectivity index (χ2n) is 7.61. The van der Waals surface area contributed by atoms with Gasteiger partial charge in [0.15, 0.2) is 5.13 Å². The zero-order valence-electron chi connectivity index (χ0n) is 17.3. The number of carbonyl (C=O) groups is 3. The first-order chi connectivity index (χ1) is 16.0. The molecule has 3 aromatic rings. The molecule has 1 aliphatic heterocycles. The first-order valence-corrected chi connectivity index (χ1v) is 12.2. The Morgan fingerprint density at radius 3 is 2.42 bits per heavy atom. The van der Waals surface area contributed by atoms with Gasteiger partial charge in [0.25, 0.3) is 5.91 Å². The van der Waals surface area contributed by atoms with E-state index >= 15 is 0 Å². The van der Waals surface area contributed by atoms with Crippen molar-refractivity contribution in [3.63, 3.8) is 0 Å². The van der Waals surface area contributed by atoms with E-state index in [0.717, 1.165) is 33.6 Å². The predicted octanol–water partition coefficient (Wildman–Crippen LogP) is 4.10. The summed E-state index contributed by atoms with van der Waals surface area (Å²) in [7, 11) is 0. The summed E-state index contributed by atoms with van der Waals surface area (Å²) in [6.45, 7) is 0.169. The van der Waals surface area contributed by atoms with Crippen LogP contribution < -0.4 is 5.32 Å². The Bertz CT molecular complexity index is 1200. The molecule has 0 unspecified atom stereocenters. The highest BCUT2D eigenvalue weighted by molar-refractivity contribution is 7.99. The zero-order chi connectivity index (χ0) is 22.9. The lowest BCUT2D eigenvalue weighted by Crippen LogP contribution is -2.41. The molecule has 0 radical (unpaired) electrons. The highest BCUT2D eigenvalue weighted by Gasteiger charge is 2.36. The molecule has 10 heteroatoms. The molecule has 5 rings (SSSR count). The van der Waals surface area contributed by atoms with Gasteiger partial charge in [-0.1, -0.05) is 59.9 Å². The molecule has 1 fully saturated rings. The van der Waals surface area contributed by atoms with Crippen LogP contribution in [0.15, 0.2) is 54.7 Å². The number of carbonyl (C=O) groups excluding carboxylic acids is 2. The average molecular weight is 482 g/mol. The number of rotatable bonds is 5. The van der Waals surface area contributed by atoms with Gasteiger partial charge in [0.1, 0.15) is 17.5 Å². The molecule has 2 heterocycles. The Morgan fingerprint density at radius 1 is 1.09 bits per heavy atom. The Balaban J connectivity index is 1.23. The minimum atomic E-state index is -1.03. The Labute approximate surface area is 197 Å². The number of hydrogen-bond donors (Lipinski definition) is 2. The molecule has 1 aromatic heterocycles. The van der Waals surface area contributed by atoms with Gasteiger partial charge >= 0.3 is 12.1 Å². The van der Waals surface area contributed by atoms with Crippen molar-refractivity contribution in [2.75, 3.05) is 23.6 Å². The number of carboxylic acid groups (broad SMARTS) is 1. The minimum absolute atomic E-state index is 0.0581. The molecule has 0 saturated carbocycles. The molecule has 1 saturated heterocycles. The highest BCUT2D eigenvalue weighted by atomic mass is 32.2. The third kappa shape index (κ3) is 4.07. The molecule has 2 aromatic carbocycles. The van der Waals surface area contributed by atoms with E-state index in [9.17, 15) is 19.5 Å². The van der Waals surface area contributed by atoms with Crippen LogP contribution in [0.4, 0.5) is 9.93 Å². The summed E-state index contributed by atoms with van der Waals surface area (Å²) in [6, 6.07) is 15.3. The van der Waals surface area contributed by atoms with Crippen LogP contribution in [-0.4, -0.2) is 57.2 Å². The van der Waals surface area contributed by atoms with Crippen LogP contribution in [0.3, 0.4) is 0 Å². The number of amides is 2. The molecule has 168 valence electrons. The molecule has 1 aliphatic carbocycles. The quantitative estimate of drug-likeness (QED) is 0.565. The monoisotopic (exact) mass is 481 g/mol. The number of nitrogens with zero attached hydrogens (tertiary/aromatic N) is 2. The first kappa shape index (κ1) is 21.5. The number of ether oxygens (including phenoxy) is 1. The Hall–Kier alpha value is -3.37. The van der Waals surface area contributed by atoms with Gasteiger partial charge in [-0.15, -0.1) is 11.8 Å². The van der Waals surface area contributed by atoms with Gasteiger partial charge < -0.3 is 14.7 Å². The van der Waals surface area contributed by atoms with Crippen LogP contribution in [0.25, 0.3) is 11.1 Å². The molecule has 1 atom stereocenters. The molecule has 2 aliphatic rings. The largest absolute Gasteiger partial charge is 0.480 e. The van der Waals surface area contributed by atoms with Crippen LogP contribution >= 0.6 is 23.1 Å². The number of nitrogens with one attached hydrogen (secondary N) is 1. The maximum absolute atomic E-state index is 12.7. The summed E-state index contributed by atoms with van der Waals surface area (Å²) in [6.07, 6.45) is 0.680. The van der Waals surface area contributed by atoms with Crippen LogP contribution in [0.1, 0.15) is 26.7 Å². The number of benzene rings is 2. The van der Waals surface area contributed by atoms with Crippen molar-refractivity contribution in [3.8, 4) is 11.1 Å². The van der Waals surface area contributed by atoms with Crippen molar-refractivity contribution in [2.24, 2.45) is 0 Å². The van der Waals surface area contributed by atoms with E-state index in [1.165, 1.54) is 22.9 Å². The summed E-state index contributed by atoms with van der Waals surface area (Å²) in [5.74, 6) is -0.842. The van der Waals surface area contributed by atoms with Gasteiger partial charge in [-0.05, 0) is 22.3 Å². The average Bonchev–Trinajstić information content (AvgIpc) is 3.55. The lowest BCUT2D eigenvalue weighted by atomic mass is 9.98. The third-order valence-corrected chi connectivity index (χ3v) is 7.61. The molecular weight excluding hydrogens is 462 g/mol. The second-order valence-corrected chi connectivity index (χ2v) is 9.64. The van der Waals surface area contributed by atoms with Gasteiger partial charge in [0.2, 0.25) is 0 Å². The highest BCUT2D eigenvalue weighted by Crippen LogP contribution is 2.44. The fourth-order valence-electron chi connectivity index (χ4n) is 4.14. The Morgan fingerprint density at radius 2 is 1.76 bits per heavy atom. The predicted molar refractivity (Wildman–Crippen MR) is 126 cm³/mol. The molecule has 33 heavy (non-hydrogen) atoms. The minimum Gasteiger partial charge on any atom is -0.480 e. The van der Waals surface area contributed by atoms with Crippen LogP contribution in [0, 0.1) is 0 Å². The summed E-state index contributed by atoms with van der Waals surface area (Å²) >= 11 is 2.38. The molecular formula is C23H19N3O5S2. The number of carboxylic acids is 1. The Kier molecular flexibility index (Phi) is 5.77. The van der Waals surface area contributed by atoms with E-state index in [2.05, 4.69) is 22.4 Å². The van der Waals surface area contributed by atoms with Crippen molar-refractivity contribution < 1.29 is 24.2 Å². The zero-order valence-corrected chi connectivity index (χ0v) is 18.9. The van der Waals surface area contributed by atoms with Gasteiger partial charge in [-0.3, -0.25) is 10.1 Å². The van der Waals surface area contributed by atoms with E-state index in [1.807, 2.05) is 36.4 Å². The molecule has 0 bridgehead atoms. The fraction of sp³-hybridized carbons (Fsp3) is 0.217. The van der Waals surface area contributed by atoms with Gasteiger partial charge in [-0.25, -0.2) is 14.6 Å². The van der Waals surface area contributed by atoms with E-state index in [0.29, 0.717) is 11.6 Å². The molecule has 2 N–H and O–H groups in total. The van der Waals surface area contributed by atoms with Gasteiger partial charge in [0, 0.05) is 11.7 Å². The molecule has 2 amide bonds. The van der Waals surface area contributed by atoms with Crippen LogP contribution in [0.5, 0.6) is 0 Å². The van der Waals surface area contributed by atoms with Crippen molar-refractivity contribution in [3.05, 3.63) is 70.7 Å². The van der Waals surface area contributed by atoms with E-state index in [1.54, 1.807) is 0 Å². The maximum Gasteiger partial charge on any atom is 0.413 e. The first-order valence-electron chi connectivity index (χ1n) is 10.2. The number of aliphatic carboxylic acids is 1. The van der Waals surface area contributed by atoms with Crippen LogP contribution in [0.2, 0.25) is 0 Å². The number of anilines is 1. The normalized spacial score (nSPS) is 16.8. The second kappa shape index (κ2) is 8.87. The maximum atomic E-state index is 12.7. The van der Waals surface area contributed by atoms with E-state index in [4.69, 9.17) is 4.74 Å². The van der Waals surface area contributed by atoms with Crippen molar-refractivity contribution in [1.29, 1.82) is 0 Å². The number of thiazole rings is 1. The number of fused-ring (bicyclic) bond motifs is 3. The topological polar surface area (TPSA) is 109 Å². The number of aromatic nitrogens is 1. The fourth-order valence-corrected chi connectivity index (χ4v) is 6.04. The third-order valence-electron chi connectivity index (χ3n) is 5.70. The number of thioether (sulfide) groups is 1. The lowest BCUT2D eigenvalue weighted by molar-refractivity contribution is -0.140. The van der Waals surface area contributed by atoms with Gasteiger partial charge in [-0.2, -0.15) is 0 Å². The van der Waals surface area contributed by atoms with Crippen molar-refractivity contribution in [2.45, 2.75) is 12.0 Å². The summed E-state index contributed by atoms with van der Waals surface area (Å²) < 4.78 is 5.50. The van der Waals surface area contributed by atoms with E-state index in [-0.39, 0.29) is 22.5 Å². The smallest absolute Gasteiger partial charge is 0.413 e. The van der Waals surface area contributed by atoms with Crippen molar-refractivity contribution in [1.82, 2.24) is 9.88 Å². The van der Waals surface area contributed by atoms with Crippen LogP contribution in [-0.2, 0) is 9.53 Å². The number of hydrogen-bond acceptors (Lipinski definition) is 7. The SMILES string of the molecule is O=C(Nc1ncc(C(=O)N2CSC[C@H]2C(=O)O)s1)OCC1c2ccccc2-c2ccccc21. The van der Waals surface area contributed by atoms with Gasteiger partial charge in [0.05, 0.1) is 12.1 Å². The van der Waals surface area contributed by atoms with E-state index < -0.39 is 24.0 Å². The standard InChI is InChI=1S/C23H19N3O5S2/c27-20(26-12-32-11-18(26)21(28)29)19-9-24-22(33-19)25-23(30)31-10-17-15-7-3-1-5-13(15)14-6-2-4-8-16(14)17/h1-9,17-18H,10-12H2,(H,28,29)(H,24,25,30)/t18-/m0/s1. The van der Waals surface area contributed by atoms with Crippen molar-refractivity contribution >= 4 is 46.2 Å².